The maximum Gasteiger partial charge on any atom is 0.0790 e. The Kier molecular flexibility index (Phi) is 2.53. The minimum absolute atomic E-state index is 1.02. The van der Waals surface area contributed by atoms with E-state index in [1.807, 2.05) is 55.0 Å². The van der Waals surface area contributed by atoms with Gasteiger partial charge in [-0.25, -0.2) is 0 Å². The molecule has 0 atom stereocenters. The molecular weight excluding hydrogens is 254 g/mol. The number of nitrogens with one attached hydrogen (secondary N) is 3. The Balaban J connectivity index is 2.21. The van der Waals surface area contributed by atoms with Crippen molar-refractivity contribution in [3.8, 4) is 0 Å². The Morgan fingerprint density at radius 2 is 1.06 bits per heavy atom. The van der Waals surface area contributed by atoms with Gasteiger partial charge in [0, 0.05) is 18.6 Å². The number of H-pyrrole nitrogens is 3. The third-order valence-electron chi connectivity index (χ3n) is 2.62. The summed E-state index contributed by atoms with van der Waals surface area (Å²) in [5.74, 6) is 0. The van der Waals surface area contributed by atoms with Gasteiger partial charge in [0.05, 0.1) is 15.1 Å². The van der Waals surface area contributed by atoms with E-state index in [1.54, 1.807) is 0 Å². The summed E-state index contributed by atoms with van der Waals surface area (Å²) >= 11 is 0. The van der Waals surface area contributed by atoms with Crippen molar-refractivity contribution in [2.45, 2.75) is 15.1 Å². The van der Waals surface area contributed by atoms with E-state index in [2.05, 4.69) is 15.0 Å². The molecule has 0 spiro atoms. The first-order valence-corrected chi connectivity index (χ1v) is 7.71. The lowest BCUT2D eigenvalue weighted by molar-refractivity contribution is 1.09. The topological polar surface area (TPSA) is 47.4 Å². The van der Waals surface area contributed by atoms with E-state index in [0.717, 1.165) is 15.1 Å². The summed E-state index contributed by atoms with van der Waals surface area (Å²) in [4.78, 5) is 9.66. The van der Waals surface area contributed by atoms with E-state index in [-0.39, 0.29) is 0 Å². The first kappa shape index (κ1) is 10.6. The van der Waals surface area contributed by atoms with Crippen LogP contribution in [0.2, 0.25) is 0 Å². The van der Waals surface area contributed by atoms with Gasteiger partial charge in [-0.05, 0) is 56.3 Å². The highest BCUT2D eigenvalue weighted by Gasteiger charge is 2.31. The van der Waals surface area contributed by atoms with Crippen LogP contribution < -0.4 is 0 Å². The number of rotatable bonds is 3. The maximum atomic E-state index is 6.93. The van der Waals surface area contributed by atoms with Gasteiger partial charge in [0.1, 0.15) is 0 Å². The van der Waals surface area contributed by atoms with Gasteiger partial charge in [0.25, 0.3) is 0 Å². The number of aromatic amines is 3. The molecule has 0 radical (unpaired) electrons. The van der Waals surface area contributed by atoms with Crippen molar-refractivity contribution in [2.75, 3.05) is 0 Å². The molecular formula is C12H12ClN3S. The smallest absolute Gasteiger partial charge is 0.0790 e. The number of halogens is 1. The molecule has 17 heavy (non-hydrogen) atoms. The summed E-state index contributed by atoms with van der Waals surface area (Å²) < 4.78 is 0. The number of hydrogen-bond donors (Lipinski definition) is 3. The van der Waals surface area contributed by atoms with Gasteiger partial charge >= 0.3 is 0 Å². The quantitative estimate of drug-likeness (QED) is 0.638. The molecule has 3 nitrogen and oxygen atoms in total. The van der Waals surface area contributed by atoms with Crippen LogP contribution in [0.1, 0.15) is 0 Å². The standard InChI is InChI=1S/C12H12ClN3S/c13-17(10-4-1-7-14-10,11-5-2-8-15-11)12-6-3-9-16-12/h1-9,14-16H. The highest BCUT2D eigenvalue weighted by Crippen LogP contribution is 2.70. The zero-order valence-corrected chi connectivity index (χ0v) is 10.6. The second-order valence-corrected chi connectivity index (χ2v) is 7.42. The van der Waals surface area contributed by atoms with Crippen molar-refractivity contribution < 1.29 is 0 Å². The molecule has 0 unspecified atom stereocenters. The summed E-state index contributed by atoms with van der Waals surface area (Å²) in [6.45, 7) is 0. The zero-order chi connectivity index (χ0) is 11.7. The average molecular weight is 266 g/mol. The zero-order valence-electron chi connectivity index (χ0n) is 8.98. The Bertz CT molecular complexity index is 485. The van der Waals surface area contributed by atoms with E-state index < -0.39 is 9.24 Å². The molecule has 0 aliphatic carbocycles. The van der Waals surface area contributed by atoms with E-state index in [1.165, 1.54) is 0 Å². The van der Waals surface area contributed by atoms with Crippen LogP contribution in [0.4, 0.5) is 0 Å². The van der Waals surface area contributed by atoms with E-state index in [4.69, 9.17) is 10.7 Å². The fraction of sp³-hybridized carbons (Fsp3) is 0. The van der Waals surface area contributed by atoms with Crippen LogP contribution in [0.15, 0.2) is 70.1 Å². The summed E-state index contributed by atoms with van der Waals surface area (Å²) in [5, 5.41) is 3.05. The SMILES string of the molecule is ClS(c1ccc[nH]1)(c1ccc[nH]1)c1ccc[nH]1. The lowest BCUT2D eigenvalue weighted by Gasteiger charge is -2.29. The van der Waals surface area contributed by atoms with E-state index >= 15 is 0 Å². The van der Waals surface area contributed by atoms with Gasteiger partial charge < -0.3 is 15.0 Å². The Labute approximate surface area is 105 Å². The first-order chi connectivity index (χ1) is 8.32. The molecule has 0 saturated carbocycles. The third-order valence-corrected chi connectivity index (χ3v) is 6.69. The van der Waals surface area contributed by atoms with Gasteiger partial charge in [0.15, 0.2) is 0 Å². The molecule has 0 amide bonds. The van der Waals surface area contributed by atoms with Crippen LogP contribution in [-0.4, -0.2) is 15.0 Å². The number of aromatic nitrogens is 3. The summed E-state index contributed by atoms with van der Waals surface area (Å²) in [6, 6.07) is 11.9. The normalized spacial score (nSPS) is 12.8. The van der Waals surface area contributed by atoms with Crippen LogP contribution in [0, 0.1) is 0 Å². The Morgan fingerprint density at radius 1 is 0.706 bits per heavy atom. The summed E-state index contributed by atoms with van der Waals surface area (Å²) in [7, 11) is 5.19. The minimum Gasteiger partial charge on any atom is -0.356 e. The molecule has 3 N–H and O–H groups in total. The fourth-order valence-electron chi connectivity index (χ4n) is 1.82. The third kappa shape index (κ3) is 1.61. The van der Waals surface area contributed by atoms with Gasteiger partial charge in [-0.3, -0.25) is 0 Å². The monoisotopic (exact) mass is 265 g/mol. The Morgan fingerprint density at radius 3 is 1.29 bits per heavy atom. The van der Waals surface area contributed by atoms with Crippen LogP contribution in [0.25, 0.3) is 0 Å². The summed E-state index contributed by atoms with van der Waals surface area (Å²) in [6.07, 6.45) is 5.68. The van der Waals surface area contributed by atoms with Gasteiger partial charge in [0.2, 0.25) is 0 Å². The van der Waals surface area contributed by atoms with Gasteiger partial charge in [-0.2, -0.15) is 0 Å². The van der Waals surface area contributed by atoms with Crippen LogP contribution >= 0.6 is 19.9 Å². The van der Waals surface area contributed by atoms with E-state index in [9.17, 15) is 0 Å². The van der Waals surface area contributed by atoms with Crippen molar-refractivity contribution in [1.82, 2.24) is 15.0 Å². The van der Waals surface area contributed by atoms with Crippen molar-refractivity contribution in [2.24, 2.45) is 0 Å². The molecule has 0 saturated heterocycles. The molecule has 0 fully saturated rings. The highest BCUT2D eigenvalue weighted by molar-refractivity contribution is 8.51. The first-order valence-electron chi connectivity index (χ1n) is 5.25. The Hall–Kier alpha value is -1.52. The molecule has 5 heteroatoms. The lowest BCUT2D eigenvalue weighted by atomic mass is 10.7. The van der Waals surface area contributed by atoms with Crippen LogP contribution in [-0.2, 0) is 0 Å². The maximum absolute atomic E-state index is 6.93. The van der Waals surface area contributed by atoms with Crippen molar-refractivity contribution in [1.29, 1.82) is 0 Å². The molecule has 3 aromatic heterocycles. The molecule has 0 bridgehead atoms. The molecule has 88 valence electrons. The average Bonchev–Trinajstić information content (AvgIpc) is 3.10. The van der Waals surface area contributed by atoms with Gasteiger partial charge in [-0.1, -0.05) is 0 Å². The van der Waals surface area contributed by atoms with Crippen LogP contribution in [0.3, 0.4) is 0 Å². The molecule has 3 aromatic rings. The van der Waals surface area contributed by atoms with E-state index in [0.29, 0.717) is 0 Å². The fourth-order valence-corrected chi connectivity index (χ4v) is 4.89. The molecule has 3 heterocycles. The van der Waals surface area contributed by atoms with Crippen molar-refractivity contribution in [3.63, 3.8) is 0 Å². The summed E-state index contributed by atoms with van der Waals surface area (Å²) in [5.41, 5.74) is 0. The predicted molar refractivity (Wildman–Crippen MR) is 70.6 cm³/mol. The lowest BCUT2D eigenvalue weighted by Crippen LogP contribution is -1.97. The largest absolute Gasteiger partial charge is 0.356 e. The van der Waals surface area contributed by atoms with Gasteiger partial charge in [-0.15, -0.1) is 0 Å². The van der Waals surface area contributed by atoms with Crippen molar-refractivity contribution >= 4 is 19.9 Å². The molecule has 0 aromatic carbocycles. The number of hydrogen-bond acceptors (Lipinski definition) is 0. The second-order valence-electron chi connectivity index (χ2n) is 3.64. The second kappa shape index (κ2) is 4.05. The molecule has 3 rings (SSSR count). The highest BCUT2D eigenvalue weighted by atomic mass is 35.7. The minimum atomic E-state index is -1.74. The molecule has 0 aliphatic rings. The van der Waals surface area contributed by atoms with Crippen molar-refractivity contribution in [3.05, 3.63) is 55.0 Å². The predicted octanol–water partition coefficient (Wildman–Crippen LogP) is 4.11. The van der Waals surface area contributed by atoms with Crippen LogP contribution in [0.5, 0.6) is 0 Å². The molecule has 0 aliphatic heterocycles.